The smallest absolute Gasteiger partial charge is 0.354 e. The van der Waals surface area contributed by atoms with Gasteiger partial charge >= 0.3 is 6.18 Å². The first-order chi connectivity index (χ1) is 19.8. The van der Waals surface area contributed by atoms with Gasteiger partial charge in [-0.3, -0.25) is 13.9 Å². The minimum absolute atomic E-state index is 0.0367. The summed E-state index contributed by atoms with van der Waals surface area (Å²) in [6.07, 6.45) is -2.19. The highest BCUT2D eigenvalue weighted by molar-refractivity contribution is 9.10. The van der Waals surface area contributed by atoms with Crippen LogP contribution in [0.1, 0.15) is 36.5 Å². The topological polar surface area (TPSA) is 86.8 Å². The van der Waals surface area contributed by atoms with Crippen molar-refractivity contribution in [2.75, 3.05) is 23.7 Å². The minimum atomic E-state index is -4.71. The van der Waals surface area contributed by atoms with Gasteiger partial charge in [-0.2, -0.15) is 13.2 Å². The Balaban J connectivity index is 2.05. The number of nitrogens with one attached hydrogen (secondary N) is 1. The molecule has 3 aromatic rings. The molecule has 0 aliphatic rings. The number of rotatable bonds is 13. The zero-order chi connectivity index (χ0) is 30.9. The van der Waals surface area contributed by atoms with E-state index in [9.17, 15) is 31.2 Å². The first-order valence-corrected chi connectivity index (χ1v) is 15.9. The number of unbranched alkanes of at least 4 members (excludes halogenated alkanes) is 1. The Morgan fingerprint density at radius 2 is 1.62 bits per heavy atom. The lowest BCUT2D eigenvalue weighted by molar-refractivity contribution is -0.140. The molecule has 3 rings (SSSR count). The second kappa shape index (κ2) is 14.7. The van der Waals surface area contributed by atoms with Crippen LogP contribution in [0.15, 0.2) is 83.3 Å². The van der Waals surface area contributed by atoms with Crippen LogP contribution in [0.5, 0.6) is 0 Å². The van der Waals surface area contributed by atoms with Crippen molar-refractivity contribution in [1.82, 2.24) is 10.2 Å². The number of alkyl halides is 3. The van der Waals surface area contributed by atoms with Crippen molar-refractivity contribution in [2.45, 2.75) is 44.9 Å². The van der Waals surface area contributed by atoms with Gasteiger partial charge < -0.3 is 10.2 Å². The molecule has 0 fully saturated rings. The number of carbonyl (C=O) groups excluding carboxylic acids is 2. The summed E-state index contributed by atoms with van der Waals surface area (Å²) in [6.45, 7) is 1.53. The van der Waals surface area contributed by atoms with Gasteiger partial charge in [0.25, 0.3) is 0 Å². The second-order valence-electron chi connectivity index (χ2n) is 9.82. The Morgan fingerprint density at radius 1 is 0.952 bits per heavy atom. The maximum atomic E-state index is 14.0. The molecular formula is C30H33BrF3N3O4S. The Labute approximate surface area is 252 Å². The second-order valence-corrected chi connectivity index (χ2v) is 12.6. The van der Waals surface area contributed by atoms with Gasteiger partial charge in [0.15, 0.2) is 0 Å². The molecule has 0 spiro atoms. The summed E-state index contributed by atoms with van der Waals surface area (Å²) in [7, 11) is -4.20. The Kier molecular flexibility index (Phi) is 11.6. The lowest BCUT2D eigenvalue weighted by atomic mass is 10.0. The molecule has 0 saturated carbocycles. The predicted molar refractivity (Wildman–Crippen MR) is 160 cm³/mol. The number of nitrogens with zero attached hydrogens (tertiary/aromatic N) is 2. The van der Waals surface area contributed by atoms with E-state index in [1.54, 1.807) is 36.4 Å². The average molecular weight is 669 g/mol. The van der Waals surface area contributed by atoms with Gasteiger partial charge in [-0.1, -0.05) is 77.8 Å². The van der Waals surface area contributed by atoms with Crippen molar-refractivity contribution >= 4 is 43.5 Å². The zero-order valence-corrected chi connectivity index (χ0v) is 25.7. The third kappa shape index (κ3) is 9.59. The van der Waals surface area contributed by atoms with Crippen LogP contribution in [0.2, 0.25) is 0 Å². The summed E-state index contributed by atoms with van der Waals surface area (Å²) >= 11 is 3.37. The molecule has 12 heteroatoms. The molecule has 1 atom stereocenters. The van der Waals surface area contributed by atoms with E-state index in [0.717, 1.165) is 41.3 Å². The lowest BCUT2D eigenvalue weighted by Crippen LogP contribution is -2.53. The highest BCUT2D eigenvalue weighted by Crippen LogP contribution is 2.32. The summed E-state index contributed by atoms with van der Waals surface area (Å²) in [5, 5.41) is 2.88. The average Bonchev–Trinajstić information content (AvgIpc) is 2.94. The van der Waals surface area contributed by atoms with Crippen LogP contribution in [0.3, 0.4) is 0 Å². The number of hydrogen-bond acceptors (Lipinski definition) is 4. The molecular weight excluding hydrogens is 635 g/mol. The molecule has 0 aromatic heterocycles. The first kappa shape index (κ1) is 33.1. The van der Waals surface area contributed by atoms with Crippen molar-refractivity contribution in [3.8, 4) is 0 Å². The van der Waals surface area contributed by atoms with E-state index >= 15 is 0 Å². The number of carbonyl (C=O) groups is 2. The van der Waals surface area contributed by atoms with Crippen LogP contribution >= 0.6 is 15.9 Å². The first-order valence-electron chi connectivity index (χ1n) is 13.3. The van der Waals surface area contributed by atoms with E-state index < -0.39 is 46.2 Å². The molecule has 0 aliphatic carbocycles. The van der Waals surface area contributed by atoms with E-state index in [1.165, 1.54) is 11.0 Å². The standard InChI is InChI=1S/C30H33BrF3N3O4S/c1-3-4-17-35-29(39)27(18-22-9-6-5-7-10-22)36(20-23-13-15-25(31)16-14-23)28(38)21-37(42(2,40)41)26-12-8-11-24(19-26)30(32,33)34/h5-16,19,27H,3-4,17-18,20-21H2,1-2H3,(H,35,39)/t27-/m0/s1. The quantitative estimate of drug-likeness (QED) is 0.234. The highest BCUT2D eigenvalue weighted by atomic mass is 79.9. The molecule has 226 valence electrons. The van der Waals surface area contributed by atoms with E-state index in [2.05, 4.69) is 21.2 Å². The molecule has 3 aromatic carbocycles. The maximum absolute atomic E-state index is 14.0. The summed E-state index contributed by atoms with van der Waals surface area (Å²) < 4.78 is 67.3. The minimum Gasteiger partial charge on any atom is -0.354 e. The maximum Gasteiger partial charge on any atom is 0.416 e. The fraction of sp³-hybridized carbons (Fsp3) is 0.333. The molecule has 42 heavy (non-hydrogen) atoms. The largest absolute Gasteiger partial charge is 0.416 e. The SMILES string of the molecule is CCCCNC(=O)[C@H](Cc1ccccc1)N(Cc1ccc(Br)cc1)C(=O)CN(c1cccc(C(F)(F)F)c1)S(C)(=O)=O. The third-order valence-electron chi connectivity index (χ3n) is 6.51. The lowest BCUT2D eigenvalue weighted by Gasteiger charge is -2.33. The summed E-state index contributed by atoms with van der Waals surface area (Å²) in [5.74, 6) is -1.16. The van der Waals surface area contributed by atoms with Gasteiger partial charge in [-0.25, -0.2) is 8.42 Å². The fourth-order valence-electron chi connectivity index (χ4n) is 4.30. The molecule has 0 radical (unpaired) electrons. The van der Waals surface area contributed by atoms with Crippen LogP contribution in [-0.4, -0.2) is 50.5 Å². The van der Waals surface area contributed by atoms with Gasteiger partial charge in [0.1, 0.15) is 12.6 Å². The molecule has 1 N–H and O–H groups in total. The molecule has 2 amide bonds. The zero-order valence-electron chi connectivity index (χ0n) is 23.3. The number of benzene rings is 3. The van der Waals surface area contributed by atoms with Crippen LogP contribution in [0.4, 0.5) is 18.9 Å². The number of sulfonamides is 1. The van der Waals surface area contributed by atoms with Crippen LogP contribution in [0, 0.1) is 0 Å². The Morgan fingerprint density at radius 3 is 2.21 bits per heavy atom. The summed E-state index contributed by atoms with van der Waals surface area (Å²) in [6, 6.07) is 18.9. The van der Waals surface area contributed by atoms with Crippen LogP contribution in [0.25, 0.3) is 0 Å². The molecule has 7 nitrogen and oxygen atoms in total. The molecule has 0 saturated heterocycles. The van der Waals surface area contributed by atoms with Crippen molar-refractivity contribution < 1.29 is 31.2 Å². The van der Waals surface area contributed by atoms with Crippen LogP contribution < -0.4 is 9.62 Å². The summed E-state index contributed by atoms with van der Waals surface area (Å²) in [4.78, 5) is 28.8. The highest BCUT2D eigenvalue weighted by Gasteiger charge is 2.35. The van der Waals surface area contributed by atoms with Crippen molar-refractivity contribution in [3.63, 3.8) is 0 Å². The van der Waals surface area contributed by atoms with Crippen molar-refractivity contribution in [2.24, 2.45) is 0 Å². The van der Waals surface area contributed by atoms with E-state index in [4.69, 9.17) is 0 Å². The molecule has 0 unspecified atom stereocenters. The fourth-order valence-corrected chi connectivity index (χ4v) is 5.40. The van der Waals surface area contributed by atoms with Gasteiger partial charge in [0, 0.05) is 24.0 Å². The molecule has 0 aliphatic heterocycles. The normalized spacial score (nSPS) is 12.4. The van der Waals surface area contributed by atoms with Gasteiger partial charge in [0.05, 0.1) is 17.5 Å². The number of hydrogen-bond donors (Lipinski definition) is 1. The number of amides is 2. The monoisotopic (exact) mass is 667 g/mol. The number of halogens is 4. The summed E-state index contributed by atoms with van der Waals surface area (Å²) in [5.41, 5.74) is 0.0943. The molecule has 0 heterocycles. The van der Waals surface area contributed by atoms with Gasteiger partial charge in [-0.15, -0.1) is 0 Å². The van der Waals surface area contributed by atoms with E-state index in [-0.39, 0.29) is 18.7 Å². The molecule has 0 bridgehead atoms. The third-order valence-corrected chi connectivity index (χ3v) is 8.18. The Bertz CT molecular complexity index is 1450. The van der Waals surface area contributed by atoms with Crippen LogP contribution in [-0.2, 0) is 38.8 Å². The van der Waals surface area contributed by atoms with Gasteiger partial charge in [0.2, 0.25) is 21.8 Å². The Hall–Kier alpha value is -3.38. The van der Waals surface area contributed by atoms with E-state index in [1.807, 2.05) is 25.1 Å². The predicted octanol–water partition coefficient (Wildman–Crippen LogP) is 5.79. The van der Waals surface area contributed by atoms with Crippen molar-refractivity contribution in [1.29, 1.82) is 0 Å². The van der Waals surface area contributed by atoms with Gasteiger partial charge in [-0.05, 0) is 47.9 Å². The van der Waals surface area contributed by atoms with Crippen molar-refractivity contribution in [3.05, 3.63) is 100 Å². The van der Waals surface area contributed by atoms with E-state index in [0.29, 0.717) is 22.5 Å². The number of anilines is 1.